The molecule has 0 fully saturated rings. The summed E-state index contributed by atoms with van der Waals surface area (Å²) >= 11 is 0. The van der Waals surface area contributed by atoms with E-state index in [2.05, 4.69) is 15.9 Å². The van der Waals surface area contributed by atoms with Crippen LogP contribution in [0.25, 0.3) is 5.69 Å². The molecular weight excluding hydrogens is 460 g/mol. The molecule has 4 rings (SSSR count). The number of hydrogen-bond donors (Lipinski definition) is 1. The first kappa shape index (κ1) is 25.2. The Morgan fingerprint density at radius 2 is 1.86 bits per heavy atom. The molecule has 1 atom stereocenters. The van der Waals surface area contributed by atoms with Gasteiger partial charge in [-0.05, 0) is 85.5 Å². The number of rotatable bonds is 8. The minimum absolute atomic E-state index is 0.231. The highest BCUT2D eigenvalue weighted by molar-refractivity contribution is 5.87. The van der Waals surface area contributed by atoms with Crippen LogP contribution < -0.4 is 15.9 Å². The van der Waals surface area contributed by atoms with Gasteiger partial charge in [0.1, 0.15) is 12.4 Å². The third-order valence-electron chi connectivity index (χ3n) is 6.49. The van der Waals surface area contributed by atoms with E-state index in [-0.39, 0.29) is 24.9 Å². The second-order valence-electron chi connectivity index (χ2n) is 8.82. The van der Waals surface area contributed by atoms with Gasteiger partial charge in [0.2, 0.25) is 0 Å². The van der Waals surface area contributed by atoms with Gasteiger partial charge in [0.05, 0.1) is 12.3 Å². The second-order valence-corrected chi connectivity index (χ2v) is 8.82. The molecule has 36 heavy (non-hydrogen) atoms. The zero-order valence-electron chi connectivity index (χ0n) is 21.5. The number of nitrogens with one attached hydrogen (secondary N) is 1. The van der Waals surface area contributed by atoms with Gasteiger partial charge in [-0.1, -0.05) is 18.2 Å². The molecule has 3 aromatic rings. The van der Waals surface area contributed by atoms with Crippen LogP contribution in [0, 0.1) is 13.8 Å². The summed E-state index contributed by atoms with van der Waals surface area (Å²) in [5.74, 6) is 0.326. The van der Waals surface area contributed by atoms with E-state index in [0.29, 0.717) is 18.0 Å². The number of hydrazine groups is 1. The molecule has 0 radical (unpaired) electrons. The maximum Gasteiger partial charge on any atom is 0.368 e. The Kier molecular flexibility index (Phi) is 6.98. The second kappa shape index (κ2) is 9.98. The van der Waals surface area contributed by atoms with Crippen LogP contribution in [-0.2, 0) is 28.7 Å². The molecule has 0 bridgehead atoms. The van der Waals surface area contributed by atoms with E-state index in [1.165, 1.54) is 9.36 Å². The molecule has 190 valence electrons. The van der Waals surface area contributed by atoms with Crippen LogP contribution in [0.2, 0.25) is 0 Å². The standard InChI is InChI=1S/C26H32N6O4/c1-7-31-15-19(5)26(27-31,24(33)35-8-2)20-12-13-23(18(4)14-20)36-16-21-17(3)10-9-11-22(21)32-25(34)30(6)28-29-32/h9-15,27H,7-8,16H2,1-6H3. The highest BCUT2D eigenvalue weighted by atomic mass is 16.5. The smallest absolute Gasteiger partial charge is 0.368 e. The van der Waals surface area contributed by atoms with Crippen LogP contribution in [0.4, 0.5) is 0 Å². The van der Waals surface area contributed by atoms with E-state index in [4.69, 9.17) is 9.47 Å². The Labute approximate surface area is 210 Å². The van der Waals surface area contributed by atoms with Crippen molar-refractivity contribution in [2.75, 3.05) is 13.2 Å². The maximum absolute atomic E-state index is 13.2. The Hall–Kier alpha value is -3.92. The lowest BCUT2D eigenvalue weighted by Gasteiger charge is -2.31. The number of tetrazole rings is 1. The number of esters is 1. The van der Waals surface area contributed by atoms with Gasteiger partial charge in [-0.15, -0.1) is 0 Å². The number of benzene rings is 2. The van der Waals surface area contributed by atoms with Crippen molar-refractivity contribution < 1.29 is 14.3 Å². The Morgan fingerprint density at radius 3 is 2.47 bits per heavy atom. The minimum atomic E-state index is -1.09. The van der Waals surface area contributed by atoms with Crippen molar-refractivity contribution in [3.05, 3.63) is 80.9 Å². The molecule has 10 heteroatoms. The van der Waals surface area contributed by atoms with Gasteiger partial charge in [-0.3, -0.25) is 0 Å². The first-order chi connectivity index (χ1) is 17.2. The lowest BCUT2D eigenvalue weighted by molar-refractivity contribution is -0.151. The SMILES string of the molecule is CCOC(=O)C1(c2ccc(OCc3c(C)cccc3-n3nnn(C)c3=O)c(C)c2)NN(CC)C=C1C. The minimum Gasteiger partial charge on any atom is -0.489 e. The number of aromatic nitrogens is 4. The van der Waals surface area contributed by atoms with Crippen LogP contribution >= 0.6 is 0 Å². The summed E-state index contributed by atoms with van der Waals surface area (Å²) in [6, 6.07) is 11.3. The number of aryl methyl sites for hydroxylation is 3. The third kappa shape index (κ3) is 4.28. The first-order valence-electron chi connectivity index (χ1n) is 11.9. The van der Waals surface area contributed by atoms with Gasteiger partial charge >= 0.3 is 11.7 Å². The third-order valence-corrected chi connectivity index (χ3v) is 6.49. The molecule has 1 N–H and O–H groups in total. The lowest BCUT2D eigenvalue weighted by Crippen LogP contribution is -2.52. The Balaban J connectivity index is 1.64. The summed E-state index contributed by atoms with van der Waals surface area (Å²) in [4.78, 5) is 25.6. The molecule has 1 aromatic heterocycles. The fraction of sp³-hybridized carbons (Fsp3) is 0.385. The summed E-state index contributed by atoms with van der Waals surface area (Å²) in [5, 5.41) is 9.68. The number of hydrogen-bond acceptors (Lipinski definition) is 8. The highest BCUT2D eigenvalue weighted by Crippen LogP contribution is 2.37. The Bertz CT molecular complexity index is 1370. The predicted molar refractivity (Wildman–Crippen MR) is 134 cm³/mol. The molecule has 1 aliphatic rings. The van der Waals surface area contributed by atoms with Crippen LogP contribution in [0.15, 0.2) is 53.0 Å². The molecule has 0 amide bonds. The highest BCUT2D eigenvalue weighted by Gasteiger charge is 2.48. The van der Waals surface area contributed by atoms with Crippen molar-refractivity contribution >= 4 is 5.97 Å². The number of carbonyl (C=O) groups is 1. The molecule has 2 heterocycles. The normalized spacial score (nSPS) is 17.3. The summed E-state index contributed by atoms with van der Waals surface area (Å²) in [7, 11) is 1.56. The quantitative estimate of drug-likeness (QED) is 0.479. The maximum atomic E-state index is 13.2. The van der Waals surface area contributed by atoms with Gasteiger partial charge in [0, 0.05) is 25.4 Å². The summed E-state index contributed by atoms with van der Waals surface area (Å²) in [6.07, 6.45) is 1.94. The summed E-state index contributed by atoms with van der Waals surface area (Å²) in [6.45, 7) is 10.9. The molecule has 10 nitrogen and oxygen atoms in total. The summed E-state index contributed by atoms with van der Waals surface area (Å²) in [5.41, 5.74) is 6.83. The molecule has 0 aliphatic carbocycles. The predicted octanol–water partition coefficient (Wildman–Crippen LogP) is 2.66. The largest absolute Gasteiger partial charge is 0.489 e. The Morgan fingerprint density at radius 1 is 1.08 bits per heavy atom. The van der Waals surface area contributed by atoms with Gasteiger partial charge in [-0.25, -0.2) is 15.0 Å². The average Bonchev–Trinajstić information content (AvgIpc) is 3.38. The van der Waals surface area contributed by atoms with Crippen molar-refractivity contribution in [1.29, 1.82) is 0 Å². The van der Waals surface area contributed by atoms with Crippen molar-refractivity contribution in [3.8, 4) is 11.4 Å². The van der Waals surface area contributed by atoms with Crippen LogP contribution in [0.1, 0.15) is 43.0 Å². The van der Waals surface area contributed by atoms with Crippen molar-refractivity contribution in [2.45, 2.75) is 46.8 Å². The lowest BCUT2D eigenvalue weighted by atomic mass is 9.84. The summed E-state index contributed by atoms with van der Waals surface area (Å²) < 4.78 is 14.1. The topological polar surface area (TPSA) is 104 Å². The zero-order chi connectivity index (χ0) is 26.0. The van der Waals surface area contributed by atoms with E-state index in [1.807, 2.05) is 75.3 Å². The van der Waals surface area contributed by atoms with Gasteiger partial charge in [-0.2, -0.15) is 9.36 Å². The van der Waals surface area contributed by atoms with Crippen molar-refractivity contribution in [2.24, 2.45) is 7.05 Å². The molecule has 0 saturated carbocycles. The fourth-order valence-corrected chi connectivity index (χ4v) is 4.43. The van der Waals surface area contributed by atoms with E-state index in [1.54, 1.807) is 14.0 Å². The number of nitrogens with zero attached hydrogens (tertiary/aromatic N) is 5. The van der Waals surface area contributed by atoms with Crippen LogP contribution in [0.5, 0.6) is 5.75 Å². The van der Waals surface area contributed by atoms with E-state index >= 15 is 0 Å². The molecular formula is C26H32N6O4. The monoisotopic (exact) mass is 492 g/mol. The van der Waals surface area contributed by atoms with E-state index < -0.39 is 5.54 Å². The molecule has 1 aliphatic heterocycles. The van der Waals surface area contributed by atoms with Crippen molar-refractivity contribution in [3.63, 3.8) is 0 Å². The van der Waals surface area contributed by atoms with Gasteiger partial charge in [0.25, 0.3) is 0 Å². The average molecular weight is 493 g/mol. The fourth-order valence-electron chi connectivity index (χ4n) is 4.43. The van der Waals surface area contributed by atoms with Crippen LogP contribution in [-0.4, -0.2) is 43.9 Å². The molecule has 1 unspecified atom stereocenters. The zero-order valence-corrected chi connectivity index (χ0v) is 21.5. The number of carbonyl (C=O) groups excluding carboxylic acids is 1. The van der Waals surface area contributed by atoms with Crippen LogP contribution in [0.3, 0.4) is 0 Å². The van der Waals surface area contributed by atoms with E-state index in [0.717, 1.165) is 27.8 Å². The number of ether oxygens (including phenoxy) is 2. The van der Waals surface area contributed by atoms with E-state index in [9.17, 15) is 9.59 Å². The molecule has 0 spiro atoms. The first-order valence-corrected chi connectivity index (χ1v) is 11.9. The molecule has 2 aromatic carbocycles. The van der Waals surface area contributed by atoms with Crippen molar-refractivity contribution in [1.82, 2.24) is 30.2 Å². The molecule has 0 saturated heterocycles. The van der Waals surface area contributed by atoms with Gasteiger partial charge in [0.15, 0.2) is 5.54 Å². The van der Waals surface area contributed by atoms with Gasteiger partial charge < -0.3 is 14.5 Å².